The molecule has 110 valence electrons. The van der Waals surface area contributed by atoms with Gasteiger partial charge in [0.2, 0.25) is 0 Å². The Morgan fingerprint density at radius 2 is 1.82 bits per heavy atom. The van der Waals surface area contributed by atoms with E-state index in [9.17, 15) is 4.79 Å². The van der Waals surface area contributed by atoms with Crippen LogP contribution in [0.2, 0.25) is 0 Å². The van der Waals surface area contributed by atoms with E-state index in [2.05, 4.69) is 23.6 Å². The van der Waals surface area contributed by atoms with Gasteiger partial charge in [-0.25, -0.2) is 0 Å². The van der Waals surface area contributed by atoms with Crippen LogP contribution in [0, 0.1) is 5.92 Å². The average Bonchev–Trinajstić information content (AvgIpc) is 3.17. The third-order valence-electron chi connectivity index (χ3n) is 4.52. The summed E-state index contributed by atoms with van der Waals surface area (Å²) in [5.41, 5.74) is 4.25. The molecule has 1 fully saturated rings. The molecule has 0 aromatic heterocycles. The van der Waals surface area contributed by atoms with Crippen LogP contribution in [0.1, 0.15) is 10.4 Å². The van der Waals surface area contributed by atoms with Crippen molar-refractivity contribution in [3.63, 3.8) is 0 Å². The Morgan fingerprint density at radius 1 is 1.05 bits per heavy atom. The fourth-order valence-corrected chi connectivity index (χ4v) is 3.35. The number of benzene rings is 2. The minimum Gasteiger partial charge on any atom is -0.390 e. The lowest BCUT2D eigenvalue weighted by atomic mass is 9.99. The molecule has 0 saturated carbocycles. The van der Waals surface area contributed by atoms with Gasteiger partial charge in [0.1, 0.15) is 0 Å². The lowest BCUT2D eigenvalue weighted by Crippen LogP contribution is -2.30. The second-order valence-electron chi connectivity index (χ2n) is 5.92. The third kappa shape index (κ3) is 2.19. The van der Waals surface area contributed by atoms with Gasteiger partial charge in [0.15, 0.2) is 0 Å². The summed E-state index contributed by atoms with van der Waals surface area (Å²) >= 11 is 0. The predicted molar refractivity (Wildman–Crippen MR) is 87.4 cm³/mol. The molecule has 0 radical (unpaired) electrons. The second-order valence-corrected chi connectivity index (χ2v) is 5.92. The fourth-order valence-electron chi connectivity index (χ4n) is 3.35. The zero-order chi connectivity index (χ0) is 14.9. The molecule has 3 heteroatoms. The molecule has 2 aromatic rings. The van der Waals surface area contributed by atoms with Crippen LogP contribution in [0.4, 0.5) is 0 Å². The van der Waals surface area contributed by atoms with Crippen molar-refractivity contribution in [2.75, 3.05) is 19.6 Å². The van der Waals surface area contributed by atoms with Gasteiger partial charge in [0, 0.05) is 31.1 Å². The maximum absolute atomic E-state index is 13.0. The first-order valence-corrected chi connectivity index (χ1v) is 7.69. The van der Waals surface area contributed by atoms with Gasteiger partial charge in [-0.15, -0.1) is 0 Å². The highest BCUT2D eigenvalue weighted by molar-refractivity contribution is 6.01. The molecule has 2 aromatic carbocycles. The van der Waals surface area contributed by atoms with Crippen LogP contribution in [0.15, 0.2) is 66.4 Å². The van der Waals surface area contributed by atoms with E-state index in [1.807, 2.05) is 47.4 Å². The minimum atomic E-state index is 0.134. The van der Waals surface area contributed by atoms with Crippen molar-refractivity contribution < 1.29 is 4.79 Å². The Balaban J connectivity index is 1.67. The van der Waals surface area contributed by atoms with Crippen LogP contribution < -0.4 is 5.32 Å². The SMILES string of the molecule is O=C(c1ccccc1-c1ccccc1)N1CC2=CNCC2C1. The number of carbonyl (C=O) groups is 1. The highest BCUT2D eigenvalue weighted by Gasteiger charge is 2.33. The number of nitrogens with zero attached hydrogens (tertiary/aromatic N) is 1. The first kappa shape index (κ1) is 13.1. The zero-order valence-corrected chi connectivity index (χ0v) is 12.3. The molecule has 1 unspecified atom stereocenters. The number of nitrogens with one attached hydrogen (secondary N) is 1. The van der Waals surface area contributed by atoms with E-state index in [1.54, 1.807) is 0 Å². The smallest absolute Gasteiger partial charge is 0.254 e. The van der Waals surface area contributed by atoms with Crippen LogP contribution in [-0.4, -0.2) is 30.4 Å². The minimum absolute atomic E-state index is 0.134. The molecule has 0 spiro atoms. The summed E-state index contributed by atoms with van der Waals surface area (Å²) in [6.45, 7) is 2.53. The Morgan fingerprint density at radius 3 is 2.64 bits per heavy atom. The summed E-state index contributed by atoms with van der Waals surface area (Å²) in [4.78, 5) is 14.9. The maximum atomic E-state index is 13.0. The normalized spacial score (nSPS) is 19.5. The van der Waals surface area contributed by atoms with Crippen molar-refractivity contribution in [2.24, 2.45) is 5.92 Å². The van der Waals surface area contributed by atoms with Crippen molar-refractivity contribution in [3.05, 3.63) is 71.9 Å². The summed E-state index contributed by atoms with van der Waals surface area (Å²) in [5.74, 6) is 0.627. The predicted octanol–water partition coefficient (Wildman–Crippen LogP) is 2.91. The van der Waals surface area contributed by atoms with Gasteiger partial charge in [-0.2, -0.15) is 0 Å². The largest absolute Gasteiger partial charge is 0.390 e. The molecule has 0 bridgehead atoms. The molecular formula is C19H18N2O. The Labute approximate surface area is 130 Å². The fraction of sp³-hybridized carbons (Fsp3) is 0.211. The Kier molecular flexibility index (Phi) is 3.19. The van der Waals surface area contributed by atoms with E-state index < -0.39 is 0 Å². The van der Waals surface area contributed by atoms with Crippen LogP contribution in [-0.2, 0) is 0 Å². The highest BCUT2D eigenvalue weighted by atomic mass is 16.2. The number of fused-ring (bicyclic) bond motifs is 1. The monoisotopic (exact) mass is 290 g/mol. The van der Waals surface area contributed by atoms with Crippen molar-refractivity contribution in [3.8, 4) is 11.1 Å². The molecular weight excluding hydrogens is 272 g/mol. The Bertz CT molecular complexity index is 736. The first-order chi connectivity index (χ1) is 10.8. The molecule has 1 N–H and O–H groups in total. The number of amides is 1. The average molecular weight is 290 g/mol. The van der Waals surface area contributed by atoms with E-state index in [-0.39, 0.29) is 5.91 Å². The summed E-state index contributed by atoms with van der Waals surface area (Å²) < 4.78 is 0. The van der Waals surface area contributed by atoms with E-state index >= 15 is 0 Å². The molecule has 2 aliphatic heterocycles. The van der Waals surface area contributed by atoms with Gasteiger partial charge in [-0.3, -0.25) is 4.79 Å². The number of carbonyl (C=O) groups excluding carboxylic acids is 1. The van der Waals surface area contributed by atoms with Crippen molar-refractivity contribution in [1.29, 1.82) is 0 Å². The van der Waals surface area contributed by atoms with E-state index in [0.29, 0.717) is 5.92 Å². The van der Waals surface area contributed by atoms with Gasteiger partial charge >= 0.3 is 0 Å². The first-order valence-electron chi connectivity index (χ1n) is 7.69. The highest BCUT2D eigenvalue weighted by Crippen LogP contribution is 2.29. The molecule has 1 atom stereocenters. The quantitative estimate of drug-likeness (QED) is 0.922. The summed E-state index contributed by atoms with van der Waals surface area (Å²) in [6.07, 6.45) is 2.07. The van der Waals surface area contributed by atoms with Gasteiger partial charge < -0.3 is 10.2 Å². The molecule has 22 heavy (non-hydrogen) atoms. The summed E-state index contributed by atoms with van der Waals surface area (Å²) in [6, 6.07) is 18.0. The molecule has 1 saturated heterocycles. The molecule has 2 aliphatic rings. The van der Waals surface area contributed by atoms with E-state index in [1.165, 1.54) is 5.57 Å². The molecule has 4 rings (SSSR count). The van der Waals surface area contributed by atoms with Crippen molar-refractivity contribution >= 4 is 5.91 Å². The lowest BCUT2D eigenvalue weighted by molar-refractivity contribution is 0.0789. The molecule has 3 nitrogen and oxygen atoms in total. The number of likely N-dealkylation sites (tertiary alicyclic amines) is 1. The van der Waals surface area contributed by atoms with Gasteiger partial charge in [-0.1, -0.05) is 48.5 Å². The number of hydrogen-bond donors (Lipinski definition) is 1. The molecule has 0 aliphatic carbocycles. The molecule has 1 amide bonds. The van der Waals surface area contributed by atoms with Gasteiger partial charge in [0.05, 0.1) is 0 Å². The maximum Gasteiger partial charge on any atom is 0.254 e. The standard InChI is InChI=1S/C19H18N2O/c22-19(21-12-15-10-20-11-16(15)13-21)18-9-5-4-8-17(18)14-6-2-1-3-7-14/h1-10,16,20H,11-13H2. The summed E-state index contributed by atoms with van der Waals surface area (Å²) in [5, 5.41) is 3.26. The van der Waals surface area contributed by atoms with E-state index in [0.717, 1.165) is 36.3 Å². The Hall–Kier alpha value is -2.55. The van der Waals surface area contributed by atoms with Crippen molar-refractivity contribution in [2.45, 2.75) is 0 Å². The molecule has 2 heterocycles. The topological polar surface area (TPSA) is 32.3 Å². The van der Waals surface area contributed by atoms with Gasteiger partial charge in [0.25, 0.3) is 5.91 Å². The van der Waals surface area contributed by atoms with Crippen LogP contribution in [0.25, 0.3) is 11.1 Å². The number of hydrogen-bond acceptors (Lipinski definition) is 2. The van der Waals surface area contributed by atoms with Crippen LogP contribution >= 0.6 is 0 Å². The second kappa shape index (κ2) is 5.34. The zero-order valence-electron chi connectivity index (χ0n) is 12.3. The van der Waals surface area contributed by atoms with E-state index in [4.69, 9.17) is 0 Å². The van der Waals surface area contributed by atoms with Crippen LogP contribution in [0.3, 0.4) is 0 Å². The third-order valence-corrected chi connectivity index (χ3v) is 4.52. The summed E-state index contributed by atoms with van der Waals surface area (Å²) in [7, 11) is 0. The van der Waals surface area contributed by atoms with Crippen LogP contribution in [0.5, 0.6) is 0 Å². The van der Waals surface area contributed by atoms with Gasteiger partial charge in [-0.05, 0) is 29.0 Å². The van der Waals surface area contributed by atoms with Crippen molar-refractivity contribution in [1.82, 2.24) is 10.2 Å². The lowest BCUT2D eigenvalue weighted by Gasteiger charge is -2.18. The number of rotatable bonds is 2.